The predicted molar refractivity (Wildman–Crippen MR) is 148 cm³/mol. The van der Waals surface area contributed by atoms with Crippen LogP contribution in [0.4, 0.5) is 0 Å². The van der Waals surface area contributed by atoms with Crippen molar-refractivity contribution in [3.05, 3.63) is 101 Å². The summed E-state index contributed by atoms with van der Waals surface area (Å²) in [6.45, 7) is 2.30. The van der Waals surface area contributed by atoms with E-state index < -0.39 is 12.0 Å². The van der Waals surface area contributed by atoms with Gasteiger partial charge in [-0.2, -0.15) is 0 Å². The van der Waals surface area contributed by atoms with Gasteiger partial charge in [0.2, 0.25) is 11.8 Å². The number of ether oxygens (including phenoxy) is 1. The number of benzene rings is 3. The SMILES string of the molecule is Cc1oc(-c2ccccc2)nc1CCOc1ccc(C[C@H](NC(=O)CSc2ccc(Cl)cc2)C(=O)O)cc1. The highest BCUT2D eigenvalue weighted by atomic mass is 35.5. The van der Waals surface area contributed by atoms with Crippen LogP contribution in [0.25, 0.3) is 11.5 Å². The number of thioether (sulfide) groups is 1. The number of hydrogen-bond donors (Lipinski definition) is 2. The number of oxazole rings is 1. The van der Waals surface area contributed by atoms with Crippen LogP contribution in [0, 0.1) is 6.92 Å². The molecule has 1 atom stereocenters. The first kappa shape index (κ1) is 27.3. The molecule has 2 N–H and O–H groups in total. The predicted octanol–water partition coefficient (Wildman–Crippen LogP) is 5.83. The Morgan fingerprint density at radius 2 is 1.76 bits per heavy atom. The van der Waals surface area contributed by atoms with E-state index in [2.05, 4.69) is 10.3 Å². The molecule has 0 aliphatic rings. The highest BCUT2D eigenvalue weighted by Crippen LogP contribution is 2.23. The van der Waals surface area contributed by atoms with Crippen LogP contribution in [-0.2, 0) is 22.4 Å². The van der Waals surface area contributed by atoms with E-state index in [1.165, 1.54) is 11.8 Å². The number of carbonyl (C=O) groups excluding carboxylic acids is 1. The van der Waals surface area contributed by atoms with Crippen molar-refractivity contribution in [3.8, 4) is 17.2 Å². The maximum absolute atomic E-state index is 12.3. The molecule has 38 heavy (non-hydrogen) atoms. The lowest BCUT2D eigenvalue weighted by Crippen LogP contribution is -2.43. The van der Waals surface area contributed by atoms with E-state index in [0.29, 0.717) is 29.7 Å². The fraction of sp³-hybridized carbons (Fsp3) is 0.207. The minimum Gasteiger partial charge on any atom is -0.493 e. The number of rotatable bonds is 12. The van der Waals surface area contributed by atoms with Crippen LogP contribution in [0.15, 0.2) is 88.2 Å². The maximum atomic E-state index is 12.3. The maximum Gasteiger partial charge on any atom is 0.326 e. The fourth-order valence-electron chi connectivity index (χ4n) is 3.70. The highest BCUT2D eigenvalue weighted by Gasteiger charge is 2.20. The van der Waals surface area contributed by atoms with Crippen LogP contribution >= 0.6 is 23.4 Å². The monoisotopic (exact) mass is 550 g/mol. The Labute approximate surface area is 230 Å². The second kappa shape index (κ2) is 13.2. The van der Waals surface area contributed by atoms with Crippen LogP contribution in [0.1, 0.15) is 17.0 Å². The molecule has 4 aromatic rings. The summed E-state index contributed by atoms with van der Waals surface area (Å²) in [5, 5.41) is 12.8. The molecule has 0 bridgehead atoms. The quantitative estimate of drug-likeness (QED) is 0.214. The van der Waals surface area contributed by atoms with Gasteiger partial charge in [0, 0.05) is 28.3 Å². The molecule has 196 valence electrons. The van der Waals surface area contributed by atoms with Gasteiger partial charge < -0.3 is 19.6 Å². The molecule has 0 saturated carbocycles. The lowest BCUT2D eigenvalue weighted by molar-refractivity contribution is -0.141. The summed E-state index contributed by atoms with van der Waals surface area (Å²) in [7, 11) is 0. The average Bonchev–Trinajstić information content (AvgIpc) is 3.29. The van der Waals surface area contributed by atoms with E-state index in [1.54, 1.807) is 36.4 Å². The number of carboxylic acids is 1. The van der Waals surface area contributed by atoms with Gasteiger partial charge in [0.15, 0.2) is 0 Å². The molecular formula is C29H27ClN2O5S. The van der Waals surface area contributed by atoms with E-state index in [1.807, 2.05) is 49.4 Å². The molecule has 1 aromatic heterocycles. The Hall–Kier alpha value is -3.75. The molecule has 0 fully saturated rings. The van der Waals surface area contributed by atoms with Crippen LogP contribution in [0.2, 0.25) is 5.02 Å². The zero-order valence-corrected chi connectivity index (χ0v) is 22.3. The van der Waals surface area contributed by atoms with Crippen LogP contribution in [-0.4, -0.2) is 40.4 Å². The highest BCUT2D eigenvalue weighted by molar-refractivity contribution is 8.00. The standard InChI is InChI=1S/C29H27ClN2O5S/c1-19-25(32-28(37-19)21-5-3-2-4-6-21)15-16-36-23-11-7-20(8-12-23)17-26(29(34)35)31-27(33)18-38-24-13-9-22(30)10-14-24/h2-14,26H,15-18H2,1H3,(H,31,33)(H,34,35)/t26-/m0/s1. The summed E-state index contributed by atoms with van der Waals surface area (Å²) in [5.41, 5.74) is 2.54. The topological polar surface area (TPSA) is 102 Å². The zero-order chi connectivity index (χ0) is 26.9. The third-order valence-corrected chi connectivity index (χ3v) is 6.97. The van der Waals surface area contributed by atoms with E-state index in [4.69, 9.17) is 20.8 Å². The Morgan fingerprint density at radius 3 is 2.45 bits per heavy atom. The Bertz CT molecular complexity index is 1360. The molecule has 0 saturated heterocycles. The van der Waals surface area contributed by atoms with Crippen LogP contribution in [0.3, 0.4) is 0 Å². The lowest BCUT2D eigenvalue weighted by Gasteiger charge is -2.15. The van der Waals surface area contributed by atoms with Gasteiger partial charge in [-0.25, -0.2) is 9.78 Å². The van der Waals surface area contributed by atoms with Gasteiger partial charge in [-0.3, -0.25) is 4.79 Å². The van der Waals surface area contributed by atoms with Gasteiger partial charge >= 0.3 is 5.97 Å². The van der Waals surface area contributed by atoms with Crippen molar-refractivity contribution in [2.75, 3.05) is 12.4 Å². The second-order valence-corrected chi connectivity index (χ2v) is 10.0. The van der Waals surface area contributed by atoms with E-state index >= 15 is 0 Å². The summed E-state index contributed by atoms with van der Waals surface area (Å²) in [6.07, 6.45) is 0.748. The minimum absolute atomic E-state index is 0.107. The number of nitrogens with one attached hydrogen (secondary N) is 1. The van der Waals surface area contributed by atoms with Crippen LogP contribution in [0.5, 0.6) is 5.75 Å². The van der Waals surface area contributed by atoms with Gasteiger partial charge in [-0.1, -0.05) is 41.9 Å². The van der Waals surface area contributed by atoms with Crippen molar-refractivity contribution in [1.29, 1.82) is 0 Å². The number of halogens is 1. The number of hydrogen-bond acceptors (Lipinski definition) is 6. The zero-order valence-electron chi connectivity index (χ0n) is 20.7. The largest absolute Gasteiger partial charge is 0.493 e. The first-order chi connectivity index (χ1) is 18.4. The van der Waals surface area contributed by atoms with Crippen molar-refractivity contribution < 1.29 is 23.8 Å². The van der Waals surface area contributed by atoms with Crippen molar-refractivity contribution in [2.45, 2.75) is 30.7 Å². The molecule has 1 amide bonds. The van der Waals surface area contributed by atoms with Gasteiger partial charge in [0.05, 0.1) is 18.1 Å². The molecule has 0 radical (unpaired) electrons. The van der Waals surface area contributed by atoms with Crippen molar-refractivity contribution >= 4 is 35.2 Å². The molecule has 4 rings (SSSR count). The van der Waals surface area contributed by atoms with Crippen molar-refractivity contribution in [2.24, 2.45) is 0 Å². The number of carboxylic acid groups (broad SMARTS) is 1. The van der Waals surface area contributed by atoms with Crippen molar-refractivity contribution in [3.63, 3.8) is 0 Å². The summed E-state index contributed by atoms with van der Waals surface area (Å²) in [4.78, 5) is 29.5. The summed E-state index contributed by atoms with van der Waals surface area (Å²) >= 11 is 7.19. The van der Waals surface area contributed by atoms with Gasteiger partial charge in [-0.05, 0) is 61.0 Å². The Morgan fingerprint density at radius 1 is 1.05 bits per heavy atom. The van der Waals surface area contributed by atoms with Gasteiger partial charge in [0.1, 0.15) is 17.6 Å². The summed E-state index contributed by atoms with van der Waals surface area (Å²) in [6, 6.07) is 23.0. The first-order valence-corrected chi connectivity index (χ1v) is 13.4. The Balaban J connectivity index is 1.25. The normalized spacial score (nSPS) is 11.6. The van der Waals surface area contributed by atoms with E-state index in [-0.39, 0.29) is 18.1 Å². The van der Waals surface area contributed by atoms with Crippen LogP contribution < -0.4 is 10.1 Å². The van der Waals surface area contributed by atoms with E-state index in [0.717, 1.165) is 27.5 Å². The smallest absolute Gasteiger partial charge is 0.326 e. The summed E-state index contributed by atoms with van der Waals surface area (Å²) < 4.78 is 11.6. The molecule has 1 heterocycles. The first-order valence-electron chi connectivity index (χ1n) is 12.0. The number of carbonyl (C=O) groups is 2. The number of aliphatic carboxylic acids is 1. The van der Waals surface area contributed by atoms with Gasteiger partial charge in [0.25, 0.3) is 0 Å². The molecule has 0 aliphatic heterocycles. The molecular weight excluding hydrogens is 524 g/mol. The number of amides is 1. The summed E-state index contributed by atoms with van der Waals surface area (Å²) in [5.74, 6) is 0.676. The second-order valence-electron chi connectivity index (χ2n) is 8.54. The molecule has 0 aliphatic carbocycles. The number of nitrogens with zero attached hydrogens (tertiary/aromatic N) is 1. The minimum atomic E-state index is -1.09. The molecule has 0 spiro atoms. The Kier molecular flexibility index (Phi) is 9.46. The van der Waals surface area contributed by atoms with Crippen molar-refractivity contribution in [1.82, 2.24) is 10.3 Å². The molecule has 7 nitrogen and oxygen atoms in total. The average molecular weight is 551 g/mol. The van der Waals surface area contributed by atoms with Gasteiger partial charge in [-0.15, -0.1) is 11.8 Å². The third-order valence-electron chi connectivity index (χ3n) is 5.70. The molecule has 0 unspecified atom stereocenters. The van der Waals surface area contributed by atoms with E-state index in [9.17, 15) is 14.7 Å². The number of aryl methyl sites for hydroxylation is 1. The molecule has 3 aromatic carbocycles. The fourth-order valence-corrected chi connectivity index (χ4v) is 4.54. The number of aromatic nitrogens is 1. The lowest BCUT2D eigenvalue weighted by atomic mass is 10.1. The third kappa shape index (κ3) is 7.87. The molecule has 9 heteroatoms.